The number of benzene rings is 5. The molecule has 12 nitrogen and oxygen atoms in total. The first-order valence-electron chi connectivity index (χ1n) is 26.5. The van der Waals surface area contributed by atoms with Crippen LogP contribution in [-0.2, 0) is 0 Å². The minimum atomic E-state index is -0.0697. The van der Waals surface area contributed by atoms with Gasteiger partial charge >= 0.3 is 0 Å². The van der Waals surface area contributed by atoms with E-state index >= 15 is 0 Å². The predicted octanol–water partition coefficient (Wildman–Crippen LogP) is 11.8. The molecule has 3 aliphatic carbocycles. The highest BCUT2D eigenvalue weighted by Crippen LogP contribution is 2.37. The van der Waals surface area contributed by atoms with Gasteiger partial charge in [-0.3, -0.25) is 9.59 Å². The van der Waals surface area contributed by atoms with Gasteiger partial charge < -0.3 is 38.1 Å². The lowest BCUT2D eigenvalue weighted by molar-refractivity contribution is -0.649. The van der Waals surface area contributed by atoms with E-state index in [4.69, 9.17) is 21.4 Å². The molecule has 0 bridgehead atoms. The number of nitrogen functional groups attached to an aromatic ring is 2. The van der Waals surface area contributed by atoms with E-state index in [-0.39, 0.29) is 11.8 Å². The molecule has 9 N–H and O–H groups in total. The van der Waals surface area contributed by atoms with Crippen molar-refractivity contribution in [3.8, 4) is 11.1 Å². The van der Waals surface area contributed by atoms with Crippen molar-refractivity contribution in [2.75, 3.05) is 48.3 Å². The van der Waals surface area contributed by atoms with Crippen molar-refractivity contribution >= 4 is 68.0 Å². The van der Waals surface area contributed by atoms with Gasteiger partial charge in [-0.05, 0) is 166 Å². The fraction of sp³-hybridized carbons (Fsp3) is 0.361. The summed E-state index contributed by atoms with van der Waals surface area (Å²) >= 11 is 0. The first kappa shape index (κ1) is 50.5. The predicted molar refractivity (Wildman–Crippen MR) is 302 cm³/mol. The number of nitrogens with two attached hydrogens (primary N) is 2. The summed E-state index contributed by atoms with van der Waals surface area (Å²) in [4.78, 5) is 35.9. The standard InChI is InChI=1S/C61H72N10O2/c1-38-30-54(55(35-49(38)62)68-47-22-23-47)69-53-33-40(3)51(32-42(53)5)64-26-10-6-8-12-28-66-60(72)45-18-14-43(15-19-45)44-16-20-46(21-17-44)61(73)67-29-13-9-7-11-27-65-52-37-59-57(34-41(52)4)70-56-31-39(2)50(63)36-58(56)71(59)48-24-25-48/h14-21,30-37,47-48,64,68H,5-13,22-29,62H2,1-4H3,(H4,63,65,66,67,72,73)/p+1. The third-order valence-corrected chi connectivity index (χ3v) is 14.4. The van der Waals surface area contributed by atoms with Crippen molar-refractivity contribution in [2.45, 2.75) is 117 Å². The molecule has 0 spiro atoms. The number of amides is 2. The SMILES string of the molecule is C=C1C=C(NCCCCCCNC(=O)c2ccc(-c3ccc(C(=O)NCCCCCCNc4cc5c(cc4C)nc4cc(C)c(N)cc4[n+]5C4CC4)cc3)cc2)C(C)=CC1=Nc1cc(C)c(N)cc1NC1CC1. The molecule has 6 aromatic rings. The molecule has 0 atom stereocenters. The third kappa shape index (κ3) is 12.8. The maximum absolute atomic E-state index is 13.0. The van der Waals surface area contributed by atoms with Crippen LogP contribution < -0.4 is 42.6 Å². The lowest BCUT2D eigenvalue weighted by atomic mass is 9.99. The molecular formula is C61H73N10O2+. The van der Waals surface area contributed by atoms with Crippen LogP contribution in [0.5, 0.6) is 0 Å². The molecule has 0 radical (unpaired) electrons. The molecule has 2 fully saturated rings. The third-order valence-electron chi connectivity index (χ3n) is 14.4. The summed E-state index contributed by atoms with van der Waals surface area (Å²) in [6, 6.07) is 29.0. The Morgan fingerprint density at radius 1 is 0.616 bits per heavy atom. The highest BCUT2D eigenvalue weighted by molar-refractivity contribution is 6.13. The number of nitrogens with one attached hydrogen (secondary N) is 5. The molecule has 3 aliphatic rings. The number of unbranched alkanes of at least 4 members (excludes halogenated alkanes) is 6. The monoisotopic (exact) mass is 978 g/mol. The number of anilines is 4. The van der Waals surface area contributed by atoms with Gasteiger partial charge in [0, 0.05) is 91.1 Å². The second-order valence-corrected chi connectivity index (χ2v) is 20.5. The minimum absolute atomic E-state index is 0.0647. The maximum atomic E-state index is 13.0. The molecule has 9 rings (SSSR count). The number of carbonyl (C=O) groups excluding carboxylic acids is 2. The van der Waals surface area contributed by atoms with Crippen molar-refractivity contribution in [3.05, 3.63) is 148 Å². The van der Waals surface area contributed by atoms with Gasteiger partial charge in [0.25, 0.3) is 11.8 Å². The fourth-order valence-electron chi connectivity index (χ4n) is 9.54. The second kappa shape index (κ2) is 22.9. The van der Waals surface area contributed by atoms with E-state index in [1.54, 1.807) is 0 Å². The summed E-state index contributed by atoms with van der Waals surface area (Å²) in [6.07, 6.45) is 17.1. The fourth-order valence-corrected chi connectivity index (χ4v) is 9.54. The number of rotatable bonds is 23. The van der Waals surface area contributed by atoms with E-state index in [0.29, 0.717) is 36.3 Å². The van der Waals surface area contributed by atoms with Gasteiger partial charge in [-0.2, -0.15) is 4.57 Å². The van der Waals surface area contributed by atoms with Crippen LogP contribution in [0, 0.1) is 20.8 Å². The molecule has 1 heterocycles. The van der Waals surface area contributed by atoms with Crippen LogP contribution in [0.2, 0.25) is 0 Å². The summed E-state index contributed by atoms with van der Waals surface area (Å²) in [6.45, 7) is 15.6. The number of hydrogen-bond acceptors (Lipinski definition) is 9. The number of fused-ring (bicyclic) bond motifs is 2. The molecule has 378 valence electrons. The van der Waals surface area contributed by atoms with Crippen molar-refractivity contribution in [1.29, 1.82) is 0 Å². The molecule has 5 aromatic carbocycles. The Morgan fingerprint density at radius 2 is 1.15 bits per heavy atom. The van der Waals surface area contributed by atoms with E-state index in [1.807, 2.05) is 74.5 Å². The zero-order valence-electron chi connectivity index (χ0n) is 43.2. The molecule has 1 aromatic heterocycles. The number of carbonyl (C=O) groups is 2. The lowest BCUT2D eigenvalue weighted by Gasteiger charge is -2.19. The average Bonchev–Trinajstić information content (AvgIpc) is 4.34. The maximum Gasteiger partial charge on any atom is 0.251 e. The Labute approximate surface area is 430 Å². The Balaban J connectivity index is 0.632. The van der Waals surface area contributed by atoms with Crippen molar-refractivity contribution in [2.24, 2.45) is 4.99 Å². The highest BCUT2D eigenvalue weighted by atomic mass is 16.2. The van der Waals surface area contributed by atoms with Crippen LogP contribution in [0.15, 0.2) is 125 Å². The van der Waals surface area contributed by atoms with Gasteiger partial charge in [0.05, 0.1) is 17.1 Å². The average molecular weight is 978 g/mol. The van der Waals surface area contributed by atoms with Crippen LogP contribution in [0.4, 0.5) is 28.4 Å². The normalized spacial score (nSPS) is 15.1. The van der Waals surface area contributed by atoms with Gasteiger partial charge in [-0.25, -0.2) is 9.98 Å². The molecule has 0 unspecified atom stereocenters. The van der Waals surface area contributed by atoms with Gasteiger partial charge in [-0.1, -0.05) is 56.5 Å². The molecular weight excluding hydrogens is 905 g/mol. The number of nitrogens with zero attached hydrogens (tertiary/aromatic N) is 3. The molecule has 2 saturated carbocycles. The van der Waals surface area contributed by atoms with Crippen LogP contribution in [0.3, 0.4) is 0 Å². The van der Waals surface area contributed by atoms with Crippen molar-refractivity contribution in [3.63, 3.8) is 0 Å². The molecule has 0 saturated heterocycles. The lowest BCUT2D eigenvalue weighted by Crippen LogP contribution is -2.35. The Kier molecular flexibility index (Phi) is 15.9. The molecule has 12 heteroatoms. The molecule has 73 heavy (non-hydrogen) atoms. The summed E-state index contributed by atoms with van der Waals surface area (Å²) in [5.41, 5.74) is 31.9. The summed E-state index contributed by atoms with van der Waals surface area (Å²) < 4.78 is 2.44. The quantitative estimate of drug-likeness (QED) is 0.0144. The van der Waals surface area contributed by atoms with Gasteiger partial charge in [0.15, 0.2) is 6.04 Å². The van der Waals surface area contributed by atoms with E-state index in [2.05, 4.69) is 88.0 Å². The number of hydrogen-bond donors (Lipinski definition) is 7. The van der Waals surface area contributed by atoms with Crippen LogP contribution >= 0.6 is 0 Å². The number of aromatic nitrogens is 2. The first-order valence-corrected chi connectivity index (χ1v) is 26.5. The Morgan fingerprint density at radius 3 is 1.74 bits per heavy atom. The zero-order chi connectivity index (χ0) is 51.0. The number of aryl methyl sites for hydroxylation is 3. The van der Waals surface area contributed by atoms with E-state index in [1.165, 1.54) is 31.2 Å². The Hall–Kier alpha value is -7.47. The van der Waals surface area contributed by atoms with Crippen LogP contribution in [0.25, 0.3) is 33.2 Å². The van der Waals surface area contributed by atoms with Crippen LogP contribution in [0.1, 0.15) is 127 Å². The summed E-state index contributed by atoms with van der Waals surface area (Å²) in [5, 5.41) is 17.0. The topological polar surface area (TPSA) is 175 Å². The van der Waals surface area contributed by atoms with Gasteiger partial charge in [0.2, 0.25) is 11.0 Å². The summed E-state index contributed by atoms with van der Waals surface area (Å²) in [7, 11) is 0. The van der Waals surface area contributed by atoms with Gasteiger partial charge in [-0.15, -0.1) is 0 Å². The van der Waals surface area contributed by atoms with Crippen molar-refractivity contribution < 1.29 is 14.2 Å². The molecule has 0 aliphatic heterocycles. The molecule has 2 amide bonds. The number of aliphatic imine (C=N–C) groups is 1. The van der Waals surface area contributed by atoms with E-state index in [9.17, 15) is 9.59 Å². The largest absolute Gasteiger partial charge is 0.398 e. The van der Waals surface area contributed by atoms with E-state index in [0.717, 1.165) is 160 Å². The van der Waals surface area contributed by atoms with Crippen LogP contribution in [-0.4, -0.2) is 54.7 Å². The second-order valence-electron chi connectivity index (χ2n) is 20.5. The Bertz CT molecular complexity index is 3130. The smallest absolute Gasteiger partial charge is 0.251 e. The van der Waals surface area contributed by atoms with E-state index < -0.39 is 0 Å². The number of allylic oxidation sites excluding steroid dienone is 4. The van der Waals surface area contributed by atoms with Crippen molar-refractivity contribution in [1.82, 2.24) is 20.9 Å². The highest BCUT2D eigenvalue weighted by Gasteiger charge is 2.36. The zero-order valence-corrected chi connectivity index (χ0v) is 43.2. The van der Waals surface area contributed by atoms with Gasteiger partial charge in [0.1, 0.15) is 11.0 Å². The summed E-state index contributed by atoms with van der Waals surface area (Å²) in [5.74, 6) is -0.134. The first-order chi connectivity index (χ1) is 35.4. The minimum Gasteiger partial charge on any atom is -0.398 e.